The van der Waals surface area contributed by atoms with Crippen LogP contribution in [0, 0.1) is 11.7 Å². The summed E-state index contributed by atoms with van der Waals surface area (Å²) in [6.07, 6.45) is 3.46. The van der Waals surface area contributed by atoms with Crippen molar-refractivity contribution in [1.29, 1.82) is 0 Å². The minimum Gasteiger partial charge on any atom is -0.312 e. The van der Waals surface area contributed by atoms with E-state index in [0.29, 0.717) is 0 Å². The summed E-state index contributed by atoms with van der Waals surface area (Å²) in [4.78, 5) is 6.50. The lowest BCUT2D eigenvalue weighted by molar-refractivity contribution is 0.267. The number of aromatic nitrogens is 1. The Morgan fingerprint density at radius 1 is 1.42 bits per heavy atom. The monoisotopic (exact) mass is 267 g/mol. The van der Waals surface area contributed by atoms with Gasteiger partial charge in [0.2, 0.25) is 0 Å². The van der Waals surface area contributed by atoms with Crippen LogP contribution in [0.15, 0.2) is 18.3 Å². The van der Waals surface area contributed by atoms with Crippen LogP contribution in [0.4, 0.5) is 4.39 Å². The number of nitrogens with zero attached hydrogens (tertiary/aromatic N) is 2. The summed E-state index contributed by atoms with van der Waals surface area (Å²) in [7, 11) is 4.07. The van der Waals surface area contributed by atoms with Gasteiger partial charge in [0, 0.05) is 6.54 Å². The van der Waals surface area contributed by atoms with E-state index in [1.165, 1.54) is 18.7 Å². The normalized spacial score (nSPS) is 14.6. The Hall–Kier alpha value is -1.00. The Morgan fingerprint density at radius 2 is 2.16 bits per heavy atom. The average Bonchev–Trinajstić information content (AvgIpc) is 2.41. The molecule has 0 aromatic carbocycles. The van der Waals surface area contributed by atoms with Crippen LogP contribution in [0.1, 0.15) is 38.4 Å². The molecule has 4 heteroatoms. The van der Waals surface area contributed by atoms with Crippen molar-refractivity contribution in [3.63, 3.8) is 0 Å². The molecule has 0 fully saturated rings. The fourth-order valence-electron chi connectivity index (χ4n) is 2.14. The van der Waals surface area contributed by atoms with Crippen LogP contribution in [0.2, 0.25) is 0 Å². The molecular weight excluding hydrogens is 241 g/mol. The minimum atomic E-state index is -0.285. The van der Waals surface area contributed by atoms with Crippen LogP contribution in [0.5, 0.6) is 0 Å². The maximum Gasteiger partial charge on any atom is 0.141 e. The van der Waals surface area contributed by atoms with Crippen molar-refractivity contribution >= 4 is 0 Å². The number of hydrogen-bond donors (Lipinski definition) is 1. The Bertz CT molecular complexity index is 353. The Morgan fingerprint density at radius 3 is 2.68 bits per heavy atom. The second-order valence-corrected chi connectivity index (χ2v) is 5.31. The van der Waals surface area contributed by atoms with Gasteiger partial charge >= 0.3 is 0 Å². The van der Waals surface area contributed by atoms with Gasteiger partial charge in [-0.05, 0) is 45.1 Å². The van der Waals surface area contributed by atoms with E-state index in [1.807, 2.05) is 7.05 Å². The van der Waals surface area contributed by atoms with E-state index in [1.54, 1.807) is 6.07 Å². The van der Waals surface area contributed by atoms with E-state index < -0.39 is 0 Å². The van der Waals surface area contributed by atoms with Crippen LogP contribution < -0.4 is 5.32 Å². The van der Waals surface area contributed by atoms with E-state index in [9.17, 15) is 4.39 Å². The maximum atomic E-state index is 12.9. The van der Waals surface area contributed by atoms with Crippen molar-refractivity contribution in [2.75, 3.05) is 27.2 Å². The van der Waals surface area contributed by atoms with Gasteiger partial charge in [0.15, 0.2) is 0 Å². The molecule has 0 saturated heterocycles. The summed E-state index contributed by atoms with van der Waals surface area (Å²) in [5.41, 5.74) is 0.904. The van der Waals surface area contributed by atoms with Gasteiger partial charge in [-0.1, -0.05) is 20.3 Å². The number of pyridine rings is 1. The summed E-state index contributed by atoms with van der Waals surface area (Å²) in [6, 6.07) is 3.40. The number of nitrogens with one attached hydrogen (secondary N) is 1. The van der Waals surface area contributed by atoms with Crippen LogP contribution in [-0.2, 0) is 0 Å². The van der Waals surface area contributed by atoms with Crippen molar-refractivity contribution in [3.8, 4) is 0 Å². The predicted octanol–water partition coefficient (Wildman–Crippen LogP) is 2.85. The van der Waals surface area contributed by atoms with Crippen LogP contribution in [-0.4, -0.2) is 37.1 Å². The molecule has 0 aliphatic heterocycles. The van der Waals surface area contributed by atoms with E-state index >= 15 is 0 Å². The van der Waals surface area contributed by atoms with E-state index in [-0.39, 0.29) is 11.9 Å². The second-order valence-electron chi connectivity index (χ2n) is 5.31. The molecule has 2 unspecified atom stereocenters. The topological polar surface area (TPSA) is 28.2 Å². The van der Waals surface area contributed by atoms with Crippen LogP contribution >= 0.6 is 0 Å². The molecule has 1 rings (SSSR count). The minimum absolute atomic E-state index is 0.181. The molecule has 0 bridgehead atoms. The molecule has 1 aromatic rings. The molecule has 0 amide bonds. The highest BCUT2D eigenvalue weighted by molar-refractivity contribution is 5.09. The first-order chi connectivity index (χ1) is 9.06. The van der Waals surface area contributed by atoms with Gasteiger partial charge in [-0.2, -0.15) is 0 Å². The fraction of sp³-hybridized carbons (Fsp3) is 0.667. The third kappa shape index (κ3) is 5.66. The summed E-state index contributed by atoms with van der Waals surface area (Å²) >= 11 is 0. The maximum absolute atomic E-state index is 12.9. The molecule has 0 aliphatic carbocycles. The van der Waals surface area contributed by atoms with Gasteiger partial charge in [0.1, 0.15) is 5.82 Å². The zero-order valence-electron chi connectivity index (χ0n) is 12.5. The third-order valence-electron chi connectivity index (χ3n) is 3.58. The van der Waals surface area contributed by atoms with Crippen LogP contribution in [0.3, 0.4) is 0 Å². The standard InChI is InChI=1S/C15H26FN3/c1-5-12(2)11-19(4)9-8-14(17-3)15-7-6-13(16)10-18-15/h6-7,10,12,14,17H,5,8-9,11H2,1-4H3. The molecule has 0 spiro atoms. The lowest BCUT2D eigenvalue weighted by atomic mass is 10.1. The largest absolute Gasteiger partial charge is 0.312 e. The quantitative estimate of drug-likeness (QED) is 0.785. The molecule has 3 nitrogen and oxygen atoms in total. The van der Waals surface area contributed by atoms with Crippen molar-refractivity contribution < 1.29 is 4.39 Å². The van der Waals surface area contributed by atoms with Crippen molar-refractivity contribution in [1.82, 2.24) is 15.2 Å². The fourth-order valence-corrected chi connectivity index (χ4v) is 2.14. The Labute approximate surface area is 116 Å². The van der Waals surface area contributed by atoms with Gasteiger partial charge in [-0.15, -0.1) is 0 Å². The highest BCUT2D eigenvalue weighted by atomic mass is 19.1. The molecule has 19 heavy (non-hydrogen) atoms. The second kappa shape index (κ2) is 8.23. The van der Waals surface area contributed by atoms with Crippen molar-refractivity contribution in [3.05, 3.63) is 29.8 Å². The Balaban J connectivity index is 2.46. The molecular formula is C15H26FN3. The number of halogens is 1. The highest BCUT2D eigenvalue weighted by Crippen LogP contribution is 2.15. The molecule has 0 aliphatic rings. The summed E-state index contributed by atoms with van der Waals surface area (Å²) in [5.74, 6) is 0.439. The van der Waals surface area contributed by atoms with Crippen molar-refractivity contribution in [2.24, 2.45) is 5.92 Å². The summed E-state index contributed by atoms with van der Waals surface area (Å²) < 4.78 is 12.9. The first-order valence-electron chi connectivity index (χ1n) is 7.04. The van der Waals surface area contributed by atoms with Gasteiger partial charge in [-0.25, -0.2) is 4.39 Å². The SMILES string of the molecule is CCC(C)CN(C)CCC(NC)c1ccc(F)cn1. The van der Waals surface area contributed by atoms with E-state index in [4.69, 9.17) is 0 Å². The summed E-state index contributed by atoms with van der Waals surface area (Å²) in [6.45, 7) is 6.61. The Kier molecular flexibility index (Phi) is 6.95. The molecule has 1 N–H and O–H groups in total. The molecule has 0 radical (unpaired) electrons. The number of hydrogen-bond acceptors (Lipinski definition) is 3. The van der Waals surface area contributed by atoms with Crippen molar-refractivity contribution in [2.45, 2.75) is 32.7 Å². The lowest BCUT2D eigenvalue weighted by Crippen LogP contribution is -2.29. The van der Waals surface area contributed by atoms with E-state index in [2.05, 4.69) is 36.1 Å². The third-order valence-corrected chi connectivity index (χ3v) is 3.58. The molecule has 2 atom stereocenters. The first-order valence-corrected chi connectivity index (χ1v) is 7.04. The van der Waals surface area contributed by atoms with Gasteiger partial charge in [0.05, 0.1) is 17.9 Å². The average molecular weight is 267 g/mol. The van der Waals surface area contributed by atoms with Crippen LogP contribution in [0.25, 0.3) is 0 Å². The molecule has 1 heterocycles. The number of rotatable bonds is 8. The predicted molar refractivity (Wildman–Crippen MR) is 77.6 cm³/mol. The zero-order chi connectivity index (χ0) is 14.3. The van der Waals surface area contributed by atoms with Gasteiger partial charge in [-0.3, -0.25) is 4.98 Å². The highest BCUT2D eigenvalue weighted by Gasteiger charge is 2.12. The van der Waals surface area contributed by atoms with Gasteiger partial charge in [0.25, 0.3) is 0 Å². The lowest BCUT2D eigenvalue weighted by Gasteiger charge is -2.23. The van der Waals surface area contributed by atoms with Gasteiger partial charge < -0.3 is 10.2 Å². The zero-order valence-corrected chi connectivity index (χ0v) is 12.5. The molecule has 108 valence electrons. The van der Waals surface area contributed by atoms with E-state index in [0.717, 1.165) is 31.1 Å². The summed E-state index contributed by atoms with van der Waals surface area (Å²) in [5, 5.41) is 3.25. The molecule has 0 saturated carbocycles. The first kappa shape index (κ1) is 16.1. The molecule has 1 aromatic heterocycles. The smallest absolute Gasteiger partial charge is 0.141 e.